The van der Waals surface area contributed by atoms with E-state index in [-0.39, 0.29) is 30.8 Å². The van der Waals surface area contributed by atoms with Crippen molar-refractivity contribution in [1.29, 1.82) is 0 Å². The van der Waals surface area contributed by atoms with Crippen molar-refractivity contribution in [1.82, 2.24) is 16.0 Å². The number of hydrogen-bond donors (Lipinski definition) is 3. The molecule has 0 radical (unpaired) electrons. The van der Waals surface area contributed by atoms with E-state index in [2.05, 4.69) is 16.0 Å². The van der Waals surface area contributed by atoms with Crippen molar-refractivity contribution in [2.24, 2.45) is 0 Å². The SMILES string of the molecule is CCC1(C(=O)NCC(=O)NC2CC2)CCCN1.Cl. The van der Waals surface area contributed by atoms with E-state index in [1.807, 2.05) is 6.92 Å². The number of nitrogens with one attached hydrogen (secondary N) is 3. The Morgan fingerprint density at radius 1 is 1.39 bits per heavy atom. The molecule has 6 heteroatoms. The Morgan fingerprint density at radius 3 is 2.61 bits per heavy atom. The fourth-order valence-electron chi connectivity index (χ4n) is 2.30. The van der Waals surface area contributed by atoms with Gasteiger partial charge in [0.05, 0.1) is 12.1 Å². The lowest BCUT2D eigenvalue weighted by Crippen LogP contribution is -2.54. The zero-order chi connectivity index (χ0) is 12.3. The first kappa shape index (κ1) is 15.2. The van der Waals surface area contributed by atoms with Crippen molar-refractivity contribution < 1.29 is 9.59 Å². The number of carbonyl (C=O) groups is 2. The second-order valence-electron chi connectivity index (χ2n) is 4.99. The molecule has 2 amide bonds. The van der Waals surface area contributed by atoms with Crippen LogP contribution >= 0.6 is 12.4 Å². The molecule has 1 atom stereocenters. The highest BCUT2D eigenvalue weighted by molar-refractivity contribution is 5.90. The molecule has 2 aliphatic rings. The molecule has 1 heterocycles. The van der Waals surface area contributed by atoms with Gasteiger partial charge in [0.25, 0.3) is 0 Å². The number of amides is 2. The number of rotatable bonds is 5. The number of carbonyl (C=O) groups excluding carboxylic acids is 2. The van der Waals surface area contributed by atoms with Crippen LogP contribution in [0.5, 0.6) is 0 Å². The summed E-state index contributed by atoms with van der Waals surface area (Å²) in [4.78, 5) is 23.5. The van der Waals surface area contributed by atoms with Crippen LogP contribution < -0.4 is 16.0 Å². The molecule has 1 saturated carbocycles. The molecule has 5 nitrogen and oxygen atoms in total. The zero-order valence-electron chi connectivity index (χ0n) is 10.8. The van der Waals surface area contributed by atoms with Crippen LogP contribution in [-0.4, -0.2) is 36.5 Å². The first-order valence-corrected chi connectivity index (χ1v) is 6.49. The minimum absolute atomic E-state index is 0. The molecule has 1 aliphatic carbocycles. The molecule has 2 rings (SSSR count). The highest BCUT2D eigenvalue weighted by Gasteiger charge is 2.39. The van der Waals surface area contributed by atoms with Crippen molar-refractivity contribution in [3.05, 3.63) is 0 Å². The third-order valence-corrected chi connectivity index (χ3v) is 3.63. The minimum Gasteiger partial charge on any atom is -0.352 e. The molecule has 0 aromatic heterocycles. The lowest BCUT2D eigenvalue weighted by atomic mass is 9.93. The molecule has 1 saturated heterocycles. The van der Waals surface area contributed by atoms with Gasteiger partial charge in [-0.25, -0.2) is 0 Å². The van der Waals surface area contributed by atoms with Crippen LogP contribution in [0, 0.1) is 0 Å². The maximum Gasteiger partial charge on any atom is 0.240 e. The highest BCUT2D eigenvalue weighted by Crippen LogP contribution is 2.23. The summed E-state index contributed by atoms with van der Waals surface area (Å²) < 4.78 is 0. The Labute approximate surface area is 114 Å². The number of hydrogen-bond acceptors (Lipinski definition) is 3. The first-order chi connectivity index (χ1) is 8.16. The maximum absolute atomic E-state index is 12.1. The van der Waals surface area contributed by atoms with E-state index in [1.54, 1.807) is 0 Å². The molecule has 1 unspecified atom stereocenters. The van der Waals surface area contributed by atoms with Gasteiger partial charge in [-0.2, -0.15) is 0 Å². The summed E-state index contributed by atoms with van der Waals surface area (Å²) >= 11 is 0. The van der Waals surface area contributed by atoms with Gasteiger partial charge in [0.2, 0.25) is 11.8 Å². The largest absolute Gasteiger partial charge is 0.352 e. The van der Waals surface area contributed by atoms with Crippen LogP contribution in [-0.2, 0) is 9.59 Å². The lowest BCUT2D eigenvalue weighted by Gasteiger charge is -2.26. The van der Waals surface area contributed by atoms with Gasteiger partial charge in [0.1, 0.15) is 0 Å². The Bertz CT molecular complexity index is 312. The van der Waals surface area contributed by atoms with E-state index in [1.165, 1.54) is 0 Å². The molecule has 2 fully saturated rings. The molecule has 3 N–H and O–H groups in total. The minimum atomic E-state index is -0.445. The van der Waals surface area contributed by atoms with E-state index in [9.17, 15) is 9.59 Å². The fourth-order valence-corrected chi connectivity index (χ4v) is 2.30. The van der Waals surface area contributed by atoms with Crippen LogP contribution in [0.25, 0.3) is 0 Å². The summed E-state index contributed by atoms with van der Waals surface area (Å²) in [6.07, 6.45) is 4.79. The Hall–Kier alpha value is -0.810. The molecule has 0 aromatic carbocycles. The van der Waals surface area contributed by atoms with Gasteiger partial charge in [-0.1, -0.05) is 6.92 Å². The summed E-state index contributed by atoms with van der Waals surface area (Å²) in [6, 6.07) is 0.351. The summed E-state index contributed by atoms with van der Waals surface area (Å²) in [5.41, 5.74) is -0.445. The molecular formula is C12H22ClN3O2. The van der Waals surface area contributed by atoms with Gasteiger partial charge in [-0.3, -0.25) is 9.59 Å². The third kappa shape index (κ3) is 3.59. The van der Waals surface area contributed by atoms with E-state index >= 15 is 0 Å². The molecule has 104 valence electrons. The molecule has 18 heavy (non-hydrogen) atoms. The van der Waals surface area contributed by atoms with Crippen molar-refractivity contribution >= 4 is 24.2 Å². The van der Waals surface area contributed by atoms with Gasteiger partial charge in [0, 0.05) is 6.04 Å². The van der Waals surface area contributed by atoms with Crippen molar-refractivity contribution in [3.8, 4) is 0 Å². The van der Waals surface area contributed by atoms with Gasteiger partial charge < -0.3 is 16.0 Å². The Kier molecular flexibility index (Phi) is 5.41. The van der Waals surface area contributed by atoms with E-state index in [0.717, 1.165) is 38.6 Å². The Morgan fingerprint density at radius 2 is 2.11 bits per heavy atom. The molecule has 0 bridgehead atoms. The molecule has 0 aromatic rings. The zero-order valence-corrected chi connectivity index (χ0v) is 11.6. The predicted molar refractivity (Wildman–Crippen MR) is 71.7 cm³/mol. The summed E-state index contributed by atoms with van der Waals surface area (Å²) in [6.45, 7) is 2.98. The fraction of sp³-hybridized carbons (Fsp3) is 0.833. The lowest BCUT2D eigenvalue weighted by molar-refractivity contribution is -0.130. The molecule has 1 aliphatic heterocycles. The average molecular weight is 276 g/mol. The van der Waals surface area contributed by atoms with Crippen LogP contribution in [0.1, 0.15) is 39.0 Å². The van der Waals surface area contributed by atoms with E-state index in [0.29, 0.717) is 6.04 Å². The molecular weight excluding hydrogens is 254 g/mol. The highest BCUT2D eigenvalue weighted by atomic mass is 35.5. The van der Waals surface area contributed by atoms with Crippen molar-refractivity contribution in [3.63, 3.8) is 0 Å². The van der Waals surface area contributed by atoms with Crippen LogP contribution in [0.4, 0.5) is 0 Å². The first-order valence-electron chi connectivity index (χ1n) is 6.49. The molecule has 0 spiro atoms. The van der Waals surface area contributed by atoms with Crippen LogP contribution in [0.15, 0.2) is 0 Å². The predicted octanol–water partition coefficient (Wildman–Crippen LogP) is 0.335. The van der Waals surface area contributed by atoms with Gasteiger partial charge in [0.15, 0.2) is 0 Å². The van der Waals surface area contributed by atoms with Gasteiger partial charge >= 0.3 is 0 Å². The summed E-state index contributed by atoms with van der Waals surface area (Å²) in [7, 11) is 0. The summed E-state index contributed by atoms with van der Waals surface area (Å²) in [5, 5.41) is 8.84. The third-order valence-electron chi connectivity index (χ3n) is 3.63. The second kappa shape index (κ2) is 6.38. The quantitative estimate of drug-likeness (QED) is 0.677. The monoisotopic (exact) mass is 275 g/mol. The smallest absolute Gasteiger partial charge is 0.240 e. The average Bonchev–Trinajstić information content (AvgIpc) is 2.99. The van der Waals surface area contributed by atoms with Crippen LogP contribution in [0.2, 0.25) is 0 Å². The normalized spacial score (nSPS) is 26.3. The van der Waals surface area contributed by atoms with Gasteiger partial charge in [-0.15, -0.1) is 12.4 Å². The topological polar surface area (TPSA) is 70.2 Å². The van der Waals surface area contributed by atoms with E-state index < -0.39 is 5.54 Å². The van der Waals surface area contributed by atoms with Crippen molar-refractivity contribution in [2.75, 3.05) is 13.1 Å². The number of halogens is 1. The maximum atomic E-state index is 12.1. The van der Waals surface area contributed by atoms with Crippen LogP contribution in [0.3, 0.4) is 0 Å². The second-order valence-corrected chi connectivity index (χ2v) is 4.99. The van der Waals surface area contributed by atoms with Crippen molar-refractivity contribution in [2.45, 2.75) is 50.6 Å². The van der Waals surface area contributed by atoms with Gasteiger partial charge in [-0.05, 0) is 38.6 Å². The Balaban J connectivity index is 0.00000162. The standard InChI is InChI=1S/C12H21N3O2.ClH/c1-2-12(6-3-7-14-12)11(17)13-8-10(16)15-9-4-5-9;/h9,14H,2-8H2,1H3,(H,13,17)(H,15,16);1H. The summed E-state index contributed by atoms with van der Waals surface area (Å²) in [5.74, 6) is -0.117. The van der Waals surface area contributed by atoms with E-state index in [4.69, 9.17) is 0 Å².